The van der Waals surface area contributed by atoms with Gasteiger partial charge in [0.05, 0.1) is 6.54 Å². The monoisotopic (exact) mass is 321 g/mol. The third-order valence-corrected chi connectivity index (χ3v) is 3.82. The number of rotatable bonds is 6. The van der Waals surface area contributed by atoms with Crippen LogP contribution in [0.2, 0.25) is 0 Å². The largest absolute Gasteiger partial charge is 0.494 e. The van der Waals surface area contributed by atoms with Gasteiger partial charge in [0.15, 0.2) is 0 Å². The smallest absolute Gasteiger partial charge is 0.331 e. The Bertz CT molecular complexity index is 698. The summed E-state index contributed by atoms with van der Waals surface area (Å²) in [5.41, 5.74) is -0.843. The number of nitrogens with one attached hydrogen (secondary N) is 2. The number of aromatic hydroxyl groups is 1. The summed E-state index contributed by atoms with van der Waals surface area (Å²) in [6, 6.07) is 0. The Morgan fingerprint density at radius 3 is 2.74 bits per heavy atom. The van der Waals surface area contributed by atoms with Gasteiger partial charge < -0.3 is 10.4 Å². The Morgan fingerprint density at radius 1 is 1.39 bits per heavy atom. The molecule has 0 spiro atoms. The molecule has 8 nitrogen and oxygen atoms in total. The Kier molecular flexibility index (Phi) is 5.89. The number of aromatic amines is 1. The molecule has 126 valence electrons. The summed E-state index contributed by atoms with van der Waals surface area (Å²) in [4.78, 5) is 32.5. The second-order valence-corrected chi connectivity index (χ2v) is 5.42. The van der Waals surface area contributed by atoms with E-state index in [0.29, 0.717) is 12.3 Å². The van der Waals surface area contributed by atoms with E-state index in [9.17, 15) is 14.7 Å². The summed E-state index contributed by atoms with van der Waals surface area (Å²) in [7, 11) is 0. The number of allylic oxidation sites excluding steroid dienone is 1. The number of H-pyrrole nitrogens is 1. The van der Waals surface area contributed by atoms with Crippen molar-refractivity contribution in [3.05, 3.63) is 39.1 Å². The van der Waals surface area contributed by atoms with Gasteiger partial charge in [-0.25, -0.2) is 4.79 Å². The van der Waals surface area contributed by atoms with Crippen LogP contribution in [0.4, 0.5) is 0 Å². The summed E-state index contributed by atoms with van der Waals surface area (Å²) < 4.78 is 1.05. The van der Waals surface area contributed by atoms with Crippen LogP contribution in [-0.4, -0.2) is 64.5 Å². The highest BCUT2D eigenvalue weighted by atomic mass is 16.3. The van der Waals surface area contributed by atoms with Gasteiger partial charge in [-0.05, 0) is 6.92 Å². The van der Waals surface area contributed by atoms with E-state index >= 15 is 0 Å². The molecule has 1 saturated heterocycles. The van der Waals surface area contributed by atoms with Crippen LogP contribution in [0.1, 0.15) is 12.5 Å². The first kappa shape index (κ1) is 17.2. The molecular weight excluding hydrogens is 298 g/mol. The topological polar surface area (TPSA) is 103 Å². The number of aliphatic imine (C=N–C) groups is 1. The SMILES string of the molecule is C=CCn1c(O)c(C(C)=NCCN2CCNCC2)c(=O)[nH]c1=O. The molecule has 2 heterocycles. The van der Waals surface area contributed by atoms with E-state index in [0.717, 1.165) is 37.3 Å². The molecule has 0 aromatic carbocycles. The molecule has 0 aliphatic carbocycles. The van der Waals surface area contributed by atoms with Gasteiger partial charge in [-0.2, -0.15) is 0 Å². The minimum atomic E-state index is -0.662. The van der Waals surface area contributed by atoms with E-state index in [1.165, 1.54) is 6.08 Å². The van der Waals surface area contributed by atoms with Gasteiger partial charge in [0.1, 0.15) is 5.56 Å². The van der Waals surface area contributed by atoms with Crippen LogP contribution in [0.15, 0.2) is 27.2 Å². The molecule has 3 N–H and O–H groups in total. The molecule has 1 aromatic rings. The molecule has 1 aliphatic heterocycles. The van der Waals surface area contributed by atoms with Crippen LogP contribution in [0, 0.1) is 0 Å². The summed E-state index contributed by atoms with van der Waals surface area (Å²) in [5.74, 6) is -0.373. The van der Waals surface area contributed by atoms with Crippen LogP contribution in [0.3, 0.4) is 0 Å². The molecule has 0 unspecified atom stereocenters. The highest BCUT2D eigenvalue weighted by Crippen LogP contribution is 2.11. The number of aromatic nitrogens is 2. The molecule has 0 radical (unpaired) electrons. The van der Waals surface area contributed by atoms with Gasteiger partial charge in [-0.3, -0.25) is 24.2 Å². The normalized spacial score (nSPS) is 16.5. The minimum Gasteiger partial charge on any atom is -0.494 e. The molecule has 1 fully saturated rings. The predicted molar refractivity (Wildman–Crippen MR) is 89.6 cm³/mol. The minimum absolute atomic E-state index is 0.0340. The summed E-state index contributed by atoms with van der Waals surface area (Å²) in [5, 5.41) is 13.5. The molecule has 8 heteroatoms. The number of nitrogens with zero attached hydrogens (tertiary/aromatic N) is 3. The maximum absolute atomic E-state index is 12.0. The highest BCUT2D eigenvalue weighted by Gasteiger charge is 2.16. The molecule has 0 amide bonds. The van der Waals surface area contributed by atoms with E-state index in [1.54, 1.807) is 6.92 Å². The zero-order valence-corrected chi connectivity index (χ0v) is 13.3. The van der Waals surface area contributed by atoms with Gasteiger partial charge in [-0.15, -0.1) is 6.58 Å². The standard InChI is InChI=1S/C15H23N5O3/c1-3-7-20-14(22)12(13(21)18-15(20)23)11(2)17-6-10-19-8-4-16-5-9-19/h3,16,22H,1,4-10H2,2H3,(H,18,21,23). The predicted octanol–water partition coefficient (Wildman–Crippen LogP) is -0.858. The maximum atomic E-state index is 12.0. The lowest BCUT2D eigenvalue weighted by molar-refractivity contribution is 0.247. The fourth-order valence-corrected chi connectivity index (χ4v) is 2.56. The fraction of sp³-hybridized carbons (Fsp3) is 0.533. The van der Waals surface area contributed by atoms with E-state index < -0.39 is 11.2 Å². The Labute approximate surface area is 134 Å². The second-order valence-electron chi connectivity index (χ2n) is 5.42. The van der Waals surface area contributed by atoms with Crippen LogP contribution < -0.4 is 16.6 Å². The Morgan fingerprint density at radius 2 is 2.09 bits per heavy atom. The fourth-order valence-electron chi connectivity index (χ4n) is 2.56. The Hall–Kier alpha value is -2.19. The summed E-state index contributed by atoms with van der Waals surface area (Å²) in [6.45, 7) is 10.5. The van der Waals surface area contributed by atoms with Crippen molar-refractivity contribution in [3.8, 4) is 5.88 Å². The maximum Gasteiger partial charge on any atom is 0.331 e. The molecule has 2 rings (SSSR count). The van der Waals surface area contributed by atoms with Crippen molar-refractivity contribution in [1.82, 2.24) is 19.8 Å². The number of piperazine rings is 1. The van der Waals surface area contributed by atoms with Crippen LogP contribution >= 0.6 is 0 Å². The van der Waals surface area contributed by atoms with E-state index in [1.807, 2.05) is 0 Å². The van der Waals surface area contributed by atoms with Crippen molar-refractivity contribution >= 4 is 5.71 Å². The molecule has 0 saturated carbocycles. The highest BCUT2D eigenvalue weighted by molar-refractivity contribution is 6.00. The lowest BCUT2D eigenvalue weighted by atomic mass is 10.2. The lowest BCUT2D eigenvalue weighted by Crippen LogP contribution is -2.44. The average Bonchev–Trinajstić information content (AvgIpc) is 2.52. The number of hydrogen-bond donors (Lipinski definition) is 3. The quantitative estimate of drug-likeness (QED) is 0.467. The van der Waals surface area contributed by atoms with Gasteiger partial charge >= 0.3 is 5.69 Å². The van der Waals surface area contributed by atoms with Crippen LogP contribution in [-0.2, 0) is 6.54 Å². The molecular formula is C15H23N5O3. The lowest BCUT2D eigenvalue weighted by Gasteiger charge is -2.26. The first-order chi connectivity index (χ1) is 11.0. The summed E-state index contributed by atoms with van der Waals surface area (Å²) in [6.07, 6.45) is 1.47. The van der Waals surface area contributed by atoms with Gasteiger partial charge in [0.2, 0.25) is 5.88 Å². The van der Waals surface area contributed by atoms with E-state index in [4.69, 9.17) is 0 Å². The second kappa shape index (κ2) is 7.89. The molecule has 23 heavy (non-hydrogen) atoms. The van der Waals surface area contributed by atoms with Crippen LogP contribution in [0.25, 0.3) is 0 Å². The average molecular weight is 321 g/mol. The van der Waals surface area contributed by atoms with Crippen molar-refractivity contribution in [3.63, 3.8) is 0 Å². The third-order valence-electron chi connectivity index (χ3n) is 3.82. The van der Waals surface area contributed by atoms with Gasteiger partial charge in [0.25, 0.3) is 5.56 Å². The molecule has 0 bridgehead atoms. The van der Waals surface area contributed by atoms with Crippen molar-refractivity contribution in [2.45, 2.75) is 13.5 Å². The van der Waals surface area contributed by atoms with Gasteiger partial charge in [0, 0.05) is 45.0 Å². The Balaban J connectivity index is 2.17. The van der Waals surface area contributed by atoms with Crippen molar-refractivity contribution < 1.29 is 5.11 Å². The van der Waals surface area contributed by atoms with Crippen LogP contribution in [0.5, 0.6) is 5.88 Å². The van der Waals surface area contributed by atoms with Gasteiger partial charge in [-0.1, -0.05) is 6.08 Å². The van der Waals surface area contributed by atoms with E-state index in [-0.39, 0.29) is 18.0 Å². The molecule has 1 aromatic heterocycles. The van der Waals surface area contributed by atoms with Crippen molar-refractivity contribution in [2.24, 2.45) is 4.99 Å². The molecule has 0 atom stereocenters. The van der Waals surface area contributed by atoms with E-state index in [2.05, 4.69) is 26.8 Å². The first-order valence-electron chi connectivity index (χ1n) is 7.66. The van der Waals surface area contributed by atoms with Crippen molar-refractivity contribution in [2.75, 3.05) is 39.3 Å². The number of hydrogen-bond acceptors (Lipinski definition) is 6. The van der Waals surface area contributed by atoms with Crippen molar-refractivity contribution in [1.29, 1.82) is 0 Å². The third kappa shape index (κ3) is 4.17. The zero-order chi connectivity index (χ0) is 16.8. The molecule has 1 aliphatic rings. The zero-order valence-electron chi connectivity index (χ0n) is 13.3. The first-order valence-corrected chi connectivity index (χ1v) is 7.66. The summed E-state index contributed by atoms with van der Waals surface area (Å²) >= 11 is 0.